The van der Waals surface area contributed by atoms with Gasteiger partial charge in [0.25, 0.3) is 5.91 Å². The zero-order chi connectivity index (χ0) is 14.7. The monoisotopic (exact) mass is 284 g/mol. The zero-order valence-electron chi connectivity index (χ0n) is 12.3. The Hall–Kier alpha value is -2.17. The number of rotatable bonds is 4. The summed E-state index contributed by atoms with van der Waals surface area (Å²) in [6.45, 7) is 4.79. The van der Waals surface area contributed by atoms with Crippen molar-refractivity contribution in [3.8, 4) is 0 Å². The van der Waals surface area contributed by atoms with E-state index < -0.39 is 0 Å². The van der Waals surface area contributed by atoms with E-state index in [0.29, 0.717) is 12.1 Å². The molecule has 110 valence electrons. The number of carbonyl (C=O) groups is 1. The van der Waals surface area contributed by atoms with Crippen LogP contribution in [-0.4, -0.2) is 35.5 Å². The highest BCUT2D eigenvalue weighted by Crippen LogP contribution is 2.26. The van der Waals surface area contributed by atoms with E-state index in [2.05, 4.69) is 20.2 Å². The molecule has 2 heterocycles. The lowest BCUT2D eigenvalue weighted by Gasteiger charge is -2.18. The molecule has 0 unspecified atom stereocenters. The molecule has 1 aromatic carbocycles. The van der Waals surface area contributed by atoms with Crippen LogP contribution in [0.3, 0.4) is 0 Å². The van der Waals surface area contributed by atoms with Gasteiger partial charge in [-0.1, -0.05) is 6.92 Å². The fourth-order valence-corrected chi connectivity index (χ4v) is 2.71. The lowest BCUT2D eigenvalue weighted by Crippen LogP contribution is -2.24. The van der Waals surface area contributed by atoms with Crippen LogP contribution in [0.2, 0.25) is 0 Å². The first kappa shape index (κ1) is 13.8. The van der Waals surface area contributed by atoms with E-state index in [9.17, 15) is 4.79 Å². The number of aromatic nitrogens is 2. The topological polar surface area (TPSA) is 58.1 Å². The van der Waals surface area contributed by atoms with Crippen molar-refractivity contribution in [3.63, 3.8) is 0 Å². The molecule has 0 atom stereocenters. The minimum absolute atomic E-state index is 0.0324. The van der Waals surface area contributed by atoms with Crippen molar-refractivity contribution in [1.82, 2.24) is 15.3 Å². The summed E-state index contributed by atoms with van der Waals surface area (Å²) in [6, 6.07) is 5.64. The van der Waals surface area contributed by atoms with Crippen LogP contribution in [0.1, 0.15) is 36.5 Å². The van der Waals surface area contributed by atoms with Crippen molar-refractivity contribution < 1.29 is 4.79 Å². The van der Waals surface area contributed by atoms with E-state index in [4.69, 9.17) is 0 Å². The van der Waals surface area contributed by atoms with Crippen LogP contribution in [0.4, 0.5) is 5.82 Å². The highest BCUT2D eigenvalue weighted by molar-refractivity contribution is 6.00. The SMILES string of the molecule is CCCNC(=O)c1ccc2ncnc(N3CCCC3)c2c1. The molecule has 3 rings (SSSR count). The molecule has 1 aromatic heterocycles. The van der Waals surface area contributed by atoms with Crippen molar-refractivity contribution >= 4 is 22.6 Å². The number of nitrogens with one attached hydrogen (secondary N) is 1. The van der Waals surface area contributed by atoms with Gasteiger partial charge in [-0.3, -0.25) is 4.79 Å². The van der Waals surface area contributed by atoms with Crippen LogP contribution < -0.4 is 10.2 Å². The Morgan fingerprint density at radius 3 is 2.86 bits per heavy atom. The first-order valence-electron chi connectivity index (χ1n) is 7.57. The van der Waals surface area contributed by atoms with Gasteiger partial charge in [-0.05, 0) is 37.5 Å². The van der Waals surface area contributed by atoms with Gasteiger partial charge in [0.05, 0.1) is 5.52 Å². The second kappa shape index (κ2) is 6.08. The molecule has 21 heavy (non-hydrogen) atoms. The van der Waals surface area contributed by atoms with Gasteiger partial charge in [-0.25, -0.2) is 9.97 Å². The van der Waals surface area contributed by atoms with Gasteiger partial charge in [0.15, 0.2) is 0 Å². The molecule has 1 aliphatic rings. The van der Waals surface area contributed by atoms with Crippen LogP contribution in [0, 0.1) is 0 Å². The highest BCUT2D eigenvalue weighted by atomic mass is 16.1. The maximum Gasteiger partial charge on any atom is 0.251 e. The average Bonchev–Trinajstić information content (AvgIpc) is 3.05. The van der Waals surface area contributed by atoms with E-state index in [0.717, 1.165) is 36.2 Å². The first-order valence-corrected chi connectivity index (χ1v) is 7.57. The third kappa shape index (κ3) is 2.82. The van der Waals surface area contributed by atoms with Gasteiger partial charge in [0.1, 0.15) is 12.1 Å². The first-order chi connectivity index (χ1) is 10.3. The van der Waals surface area contributed by atoms with E-state index in [1.165, 1.54) is 12.8 Å². The molecule has 0 bridgehead atoms. The Kier molecular flexibility index (Phi) is 3.99. The Morgan fingerprint density at radius 1 is 1.29 bits per heavy atom. The summed E-state index contributed by atoms with van der Waals surface area (Å²) in [5, 5.41) is 3.87. The Labute approximate surface area is 124 Å². The molecule has 0 aliphatic carbocycles. The second-order valence-corrected chi connectivity index (χ2v) is 5.38. The third-order valence-corrected chi connectivity index (χ3v) is 3.82. The van der Waals surface area contributed by atoms with Crippen molar-refractivity contribution in [1.29, 1.82) is 0 Å². The molecular formula is C16H20N4O. The molecule has 5 heteroatoms. The van der Waals surface area contributed by atoms with Crippen LogP contribution in [-0.2, 0) is 0 Å². The number of benzene rings is 1. The maximum absolute atomic E-state index is 12.1. The third-order valence-electron chi connectivity index (χ3n) is 3.82. The summed E-state index contributed by atoms with van der Waals surface area (Å²) < 4.78 is 0. The normalized spacial score (nSPS) is 14.6. The largest absolute Gasteiger partial charge is 0.356 e. The number of fused-ring (bicyclic) bond motifs is 1. The summed E-state index contributed by atoms with van der Waals surface area (Å²) in [5.41, 5.74) is 1.56. The van der Waals surface area contributed by atoms with Gasteiger partial charge < -0.3 is 10.2 Å². The minimum atomic E-state index is -0.0324. The number of anilines is 1. The number of hydrogen-bond donors (Lipinski definition) is 1. The predicted octanol–water partition coefficient (Wildman–Crippen LogP) is 2.37. The van der Waals surface area contributed by atoms with Crippen molar-refractivity contribution in [2.24, 2.45) is 0 Å². The van der Waals surface area contributed by atoms with Gasteiger partial charge >= 0.3 is 0 Å². The highest BCUT2D eigenvalue weighted by Gasteiger charge is 2.17. The fraction of sp³-hybridized carbons (Fsp3) is 0.438. The summed E-state index contributed by atoms with van der Waals surface area (Å²) in [7, 11) is 0. The minimum Gasteiger partial charge on any atom is -0.356 e. The van der Waals surface area contributed by atoms with E-state index >= 15 is 0 Å². The van der Waals surface area contributed by atoms with Crippen LogP contribution in [0.5, 0.6) is 0 Å². The quantitative estimate of drug-likeness (QED) is 0.936. The summed E-state index contributed by atoms with van der Waals surface area (Å²) >= 11 is 0. The zero-order valence-corrected chi connectivity index (χ0v) is 12.3. The summed E-state index contributed by atoms with van der Waals surface area (Å²) in [6.07, 6.45) is 4.93. The lowest BCUT2D eigenvalue weighted by atomic mass is 10.1. The molecule has 1 fully saturated rings. The Morgan fingerprint density at radius 2 is 2.10 bits per heavy atom. The Balaban J connectivity index is 1.98. The number of amides is 1. The number of nitrogens with zero attached hydrogens (tertiary/aromatic N) is 3. The average molecular weight is 284 g/mol. The van der Waals surface area contributed by atoms with Gasteiger partial charge in [0.2, 0.25) is 0 Å². The predicted molar refractivity (Wildman–Crippen MR) is 83.6 cm³/mol. The molecule has 1 saturated heterocycles. The maximum atomic E-state index is 12.1. The van der Waals surface area contributed by atoms with Gasteiger partial charge in [-0.15, -0.1) is 0 Å². The smallest absolute Gasteiger partial charge is 0.251 e. The van der Waals surface area contributed by atoms with Gasteiger partial charge in [-0.2, -0.15) is 0 Å². The van der Waals surface area contributed by atoms with Crippen LogP contribution in [0.15, 0.2) is 24.5 Å². The van der Waals surface area contributed by atoms with Crippen LogP contribution in [0.25, 0.3) is 10.9 Å². The lowest BCUT2D eigenvalue weighted by molar-refractivity contribution is 0.0954. The van der Waals surface area contributed by atoms with Crippen molar-refractivity contribution in [2.45, 2.75) is 26.2 Å². The van der Waals surface area contributed by atoms with E-state index in [1.807, 2.05) is 25.1 Å². The molecule has 5 nitrogen and oxygen atoms in total. The molecule has 0 saturated carbocycles. The summed E-state index contributed by atoms with van der Waals surface area (Å²) in [5.74, 6) is 0.914. The molecule has 1 N–H and O–H groups in total. The van der Waals surface area contributed by atoms with Crippen molar-refractivity contribution in [3.05, 3.63) is 30.1 Å². The van der Waals surface area contributed by atoms with Crippen LogP contribution >= 0.6 is 0 Å². The van der Waals surface area contributed by atoms with Crippen molar-refractivity contribution in [2.75, 3.05) is 24.5 Å². The number of hydrogen-bond acceptors (Lipinski definition) is 4. The number of carbonyl (C=O) groups excluding carboxylic acids is 1. The summed E-state index contributed by atoms with van der Waals surface area (Å²) in [4.78, 5) is 23.1. The fourth-order valence-electron chi connectivity index (χ4n) is 2.71. The molecular weight excluding hydrogens is 264 g/mol. The molecule has 1 amide bonds. The second-order valence-electron chi connectivity index (χ2n) is 5.38. The standard InChI is InChI=1S/C16H20N4O/c1-2-7-17-16(21)12-5-6-14-13(10-12)15(19-11-18-14)20-8-3-4-9-20/h5-6,10-11H,2-4,7-9H2,1H3,(H,17,21). The molecule has 0 radical (unpaired) electrons. The molecule has 0 spiro atoms. The molecule has 1 aliphatic heterocycles. The van der Waals surface area contributed by atoms with Gasteiger partial charge in [0, 0.05) is 30.6 Å². The van der Waals surface area contributed by atoms with E-state index in [1.54, 1.807) is 6.33 Å². The molecule has 2 aromatic rings. The van der Waals surface area contributed by atoms with E-state index in [-0.39, 0.29) is 5.91 Å². The Bertz CT molecular complexity index is 650.